The maximum absolute atomic E-state index is 5.88. The Labute approximate surface area is 103 Å². The molecule has 1 heterocycles. The van der Waals surface area contributed by atoms with Gasteiger partial charge in [0.25, 0.3) is 0 Å². The van der Waals surface area contributed by atoms with Crippen LogP contribution in [0.2, 0.25) is 5.02 Å². The van der Waals surface area contributed by atoms with Gasteiger partial charge in [-0.15, -0.1) is 0 Å². The Morgan fingerprint density at radius 2 is 2.06 bits per heavy atom. The zero-order valence-corrected chi connectivity index (χ0v) is 10.7. The summed E-state index contributed by atoms with van der Waals surface area (Å²) in [6.07, 6.45) is 1.24. The first-order valence-electron chi connectivity index (χ1n) is 5.85. The van der Waals surface area contributed by atoms with Crippen molar-refractivity contribution in [2.75, 3.05) is 20.1 Å². The van der Waals surface area contributed by atoms with E-state index in [1.54, 1.807) is 0 Å². The molecule has 2 unspecified atom stereocenters. The predicted molar refractivity (Wildman–Crippen MR) is 68.9 cm³/mol. The van der Waals surface area contributed by atoms with Crippen LogP contribution in [0.5, 0.6) is 0 Å². The van der Waals surface area contributed by atoms with Gasteiger partial charge in [-0.3, -0.25) is 0 Å². The molecule has 1 aromatic rings. The lowest BCUT2D eigenvalue weighted by molar-refractivity contribution is 0.387. The molecule has 0 aliphatic carbocycles. The third kappa shape index (κ3) is 2.97. The zero-order valence-electron chi connectivity index (χ0n) is 9.91. The maximum atomic E-state index is 5.88. The summed E-state index contributed by atoms with van der Waals surface area (Å²) in [6.45, 7) is 4.56. The summed E-state index contributed by atoms with van der Waals surface area (Å²) in [5, 5.41) is 4.46. The molecular formula is C13H19ClN2. The fourth-order valence-electron chi connectivity index (χ4n) is 2.27. The number of hydrogen-bond donors (Lipinski definition) is 1. The molecule has 1 aliphatic rings. The SMILES string of the molecule is CC(NC1CCN(C)C1)c1ccc(Cl)cc1. The molecule has 3 heteroatoms. The van der Waals surface area contributed by atoms with E-state index in [0.29, 0.717) is 12.1 Å². The normalized spacial score (nSPS) is 23.6. The van der Waals surface area contributed by atoms with Crippen LogP contribution in [0.25, 0.3) is 0 Å². The van der Waals surface area contributed by atoms with E-state index in [2.05, 4.69) is 36.3 Å². The largest absolute Gasteiger partial charge is 0.306 e. The lowest BCUT2D eigenvalue weighted by atomic mass is 10.1. The van der Waals surface area contributed by atoms with Crippen molar-refractivity contribution in [3.05, 3.63) is 34.9 Å². The van der Waals surface area contributed by atoms with Gasteiger partial charge in [0.15, 0.2) is 0 Å². The Balaban J connectivity index is 1.92. The Morgan fingerprint density at radius 3 is 2.62 bits per heavy atom. The monoisotopic (exact) mass is 238 g/mol. The van der Waals surface area contributed by atoms with Crippen LogP contribution in [0.15, 0.2) is 24.3 Å². The molecule has 0 radical (unpaired) electrons. The van der Waals surface area contributed by atoms with E-state index in [9.17, 15) is 0 Å². The highest BCUT2D eigenvalue weighted by Crippen LogP contribution is 2.18. The number of benzene rings is 1. The number of halogens is 1. The Hall–Kier alpha value is -0.570. The second kappa shape index (κ2) is 5.17. The van der Waals surface area contributed by atoms with Crippen LogP contribution in [0.4, 0.5) is 0 Å². The van der Waals surface area contributed by atoms with Gasteiger partial charge in [-0.25, -0.2) is 0 Å². The molecule has 88 valence electrons. The first-order chi connectivity index (χ1) is 7.65. The predicted octanol–water partition coefficient (Wildman–Crippen LogP) is 2.69. The molecule has 1 saturated heterocycles. The second-order valence-electron chi connectivity index (χ2n) is 4.69. The minimum Gasteiger partial charge on any atom is -0.306 e. The third-order valence-electron chi connectivity index (χ3n) is 3.25. The number of rotatable bonds is 3. The Bertz CT molecular complexity index is 336. The van der Waals surface area contributed by atoms with E-state index in [1.165, 1.54) is 18.5 Å². The smallest absolute Gasteiger partial charge is 0.0406 e. The summed E-state index contributed by atoms with van der Waals surface area (Å²) < 4.78 is 0. The van der Waals surface area contributed by atoms with Crippen molar-refractivity contribution < 1.29 is 0 Å². The van der Waals surface area contributed by atoms with Crippen molar-refractivity contribution in [3.8, 4) is 0 Å². The molecule has 0 bridgehead atoms. The number of nitrogens with zero attached hydrogens (tertiary/aromatic N) is 1. The average molecular weight is 239 g/mol. The van der Waals surface area contributed by atoms with Gasteiger partial charge in [-0.2, -0.15) is 0 Å². The van der Waals surface area contributed by atoms with Crippen LogP contribution in [-0.2, 0) is 0 Å². The molecule has 0 aromatic heterocycles. The summed E-state index contributed by atoms with van der Waals surface area (Å²) >= 11 is 5.88. The van der Waals surface area contributed by atoms with Crippen LogP contribution in [-0.4, -0.2) is 31.1 Å². The highest BCUT2D eigenvalue weighted by Gasteiger charge is 2.20. The van der Waals surface area contributed by atoms with E-state index in [1.807, 2.05) is 12.1 Å². The molecule has 16 heavy (non-hydrogen) atoms. The molecule has 2 rings (SSSR count). The fraction of sp³-hybridized carbons (Fsp3) is 0.538. The average Bonchev–Trinajstić information content (AvgIpc) is 2.65. The van der Waals surface area contributed by atoms with E-state index < -0.39 is 0 Å². The minimum absolute atomic E-state index is 0.397. The van der Waals surface area contributed by atoms with Gasteiger partial charge >= 0.3 is 0 Å². The molecule has 0 amide bonds. The fourth-order valence-corrected chi connectivity index (χ4v) is 2.40. The molecule has 1 N–H and O–H groups in total. The van der Waals surface area contributed by atoms with E-state index >= 15 is 0 Å². The Morgan fingerprint density at radius 1 is 1.38 bits per heavy atom. The molecule has 1 aliphatic heterocycles. The van der Waals surface area contributed by atoms with Crippen molar-refractivity contribution in [2.24, 2.45) is 0 Å². The zero-order chi connectivity index (χ0) is 11.5. The van der Waals surface area contributed by atoms with E-state index in [0.717, 1.165) is 11.6 Å². The lowest BCUT2D eigenvalue weighted by Gasteiger charge is -2.19. The summed E-state index contributed by atoms with van der Waals surface area (Å²) in [7, 11) is 2.18. The minimum atomic E-state index is 0.397. The van der Waals surface area contributed by atoms with E-state index in [-0.39, 0.29) is 0 Å². The molecule has 2 nitrogen and oxygen atoms in total. The van der Waals surface area contributed by atoms with Gasteiger partial charge in [0.1, 0.15) is 0 Å². The third-order valence-corrected chi connectivity index (χ3v) is 3.50. The number of likely N-dealkylation sites (N-methyl/N-ethyl adjacent to an activating group) is 1. The first-order valence-corrected chi connectivity index (χ1v) is 6.23. The molecular weight excluding hydrogens is 220 g/mol. The van der Waals surface area contributed by atoms with Gasteiger partial charge in [-0.1, -0.05) is 23.7 Å². The number of likely N-dealkylation sites (tertiary alicyclic amines) is 1. The van der Waals surface area contributed by atoms with Crippen LogP contribution in [0.1, 0.15) is 24.9 Å². The highest BCUT2D eigenvalue weighted by atomic mass is 35.5. The van der Waals surface area contributed by atoms with Crippen LogP contribution in [0.3, 0.4) is 0 Å². The molecule has 1 aromatic carbocycles. The van der Waals surface area contributed by atoms with Crippen LogP contribution < -0.4 is 5.32 Å². The summed E-state index contributed by atoms with van der Waals surface area (Å²) in [5.74, 6) is 0. The van der Waals surface area contributed by atoms with Gasteiger partial charge < -0.3 is 10.2 Å². The topological polar surface area (TPSA) is 15.3 Å². The van der Waals surface area contributed by atoms with E-state index in [4.69, 9.17) is 11.6 Å². The standard InChI is InChI=1S/C13H19ClN2/c1-10(11-3-5-12(14)6-4-11)15-13-7-8-16(2)9-13/h3-6,10,13,15H,7-9H2,1-2H3. The molecule has 2 atom stereocenters. The molecule has 0 saturated carbocycles. The van der Waals surface area contributed by atoms with Crippen molar-refractivity contribution in [2.45, 2.75) is 25.4 Å². The quantitative estimate of drug-likeness (QED) is 0.871. The summed E-state index contributed by atoms with van der Waals surface area (Å²) in [4.78, 5) is 2.37. The summed E-state index contributed by atoms with van der Waals surface area (Å²) in [5.41, 5.74) is 1.30. The second-order valence-corrected chi connectivity index (χ2v) is 5.12. The summed E-state index contributed by atoms with van der Waals surface area (Å²) in [6, 6.07) is 9.12. The van der Waals surface area contributed by atoms with Gasteiger partial charge in [0.05, 0.1) is 0 Å². The van der Waals surface area contributed by atoms with Crippen LogP contribution in [0, 0.1) is 0 Å². The Kier molecular flexibility index (Phi) is 3.85. The van der Waals surface area contributed by atoms with Crippen molar-refractivity contribution >= 4 is 11.6 Å². The molecule has 0 spiro atoms. The van der Waals surface area contributed by atoms with Crippen molar-refractivity contribution in [3.63, 3.8) is 0 Å². The van der Waals surface area contributed by atoms with Gasteiger partial charge in [0.2, 0.25) is 0 Å². The lowest BCUT2D eigenvalue weighted by Crippen LogP contribution is -2.33. The first kappa shape index (κ1) is 11.9. The van der Waals surface area contributed by atoms with Crippen LogP contribution >= 0.6 is 11.6 Å². The van der Waals surface area contributed by atoms with Gasteiger partial charge in [0, 0.05) is 23.7 Å². The van der Waals surface area contributed by atoms with Crippen molar-refractivity contribution in [1.82, 2.24) is 10.2 Å². The number of hydrogen-bond acceptors (Lipinski definition) is 2. The maximum Gasteiger partial charge on any atom is 0.0406 e. The van der Waals surface area contributed by atoms with Crippen molar-refractivity contribution in [1.29, 1.82) is 0 Å². The van der Waals surface area contributed by atoms with Gasteiger partial charge in [-0.05, 0) is 44.6 Å². The molecule has 1 fully saturated rings. The number of nitrogens with one attached hydrogen (secondary N) is 1. The highest BCUT2D eigenvalue weighted by molar-refractivity contribution is 6.30.